The third-order valence-corrected chi connectivity index (χ3v) is 3.60. The number of nitrogens with one attached hydrogen (secondary N) is 1. The highest BCUT2D eigenvalue weighted by molar-refractivity contribution is 5.68. The summed E-state index contributed by atoms with van der Waals surface area (Å²) in [5.74, 6) is -0.702. The zero-order chi connectivity index (χ0) is 10.9. The molecule has 5 heteroatoms. The summed E-state index contributed by atoms with van der Waals surface area (Å²) in [7, 11) is 0. The summed E-state index contributed by atoms with van der Waals surface area (Å²) in [5, 5.41) is 12.1. The van der Waals surface area contributed by atoms with Crippen LogP contribution < -0.4 is 11.1 Å². The van der Waals surface area contributed by atoms with E-state index in [4.69, 9.17) is 10.8 Å². The van der Waals surface area contributed by atoms with Crippen LogP contribution in [0.2, 0.25) is 0 Å². The van der Waals surface area contributed by atoms with Crippen LogP contribution >= 0.6 is 0 Å². The summed E-state index contributed by atoms with van der Waals surface area (Å²) >= 11 is 0. The van der Waals surface area contributed by atoms with Crippen molar-refractivity contribution >= 4 is 5.97 Å². The Labute approximate surface area is 89.6 Å². The second-order valence-corrected chi connectivity index (χ2v) is 4.72. The van der Waals surface area contributed by atoms with Gasteiger partial charge in [0.15, 0.2) is 0 Å². The molecule has 86 valence electrons. The van der Waals surface area contributed by atoms with Crippen LogP contribution in [-0.4, -0.2) is 53.7 Å². The topological polar surface area (TPSA) is 78.6 Å². The number of piperidine rings is 1. The Kier molecular flexibility index (Phi) is 2.95. The minimum atomic E-state index is -0.702. The molecule has 0 unspecified atom stereocenters. The number of carbonyl (C=O) groups is 1. The second-order valence-electron chi connectivity index (χ2n) is 4.72. The molecule has 0 aromatic rings. The maximum Gasteiger partial charge on any atom is 0.305 e. The first-order valence-corrected chi connectivity index (χ1v) is 5.55. The minimum Gasteiger partial charge on any atom is -0.481 e. The number of rotatable bonds is 3. The van der Waals surface area contributed by atoms with E-state index in [-0.39, 0.29) is 12.0 Å². The predicted octanol–water partition coefficient (Wildman–Crippen LogP) is -0.774. The van der Waals surface area contributed by atoms with E-state index >= 15 is 0 Å². The highest BCUT2D eigenvalue weighted by Gasteiger charge is 2.44. The summed E-state index contributed by atoms with van der Waals surface area (Å²) in [4.78, 5) is 13.1. The third kappa shape index (κ3) is 2.14. The average molecular weight is 213 g/mol. The molecule has 2 heterocycles. The Morgan fingerprint density at radius 1 is 1.47 bits per heavy atom. The molecule has 2 rings (SSSR count). The molecule has 0 aromatic carbocycles. The summed E-state index contributed by atoms with van der Waals surface area (Å²) in [6.45, 7) is 3.48. The quantitative estimate of drug-likeness (QED) is 0.573. The molecule has 15 heavy (non-hydrogen) atoms. The van der Waals surface area contributed by atoms with Crippen molar-refractivity contribution in [1.82, 2.24) is 10.2 Å². The van der Waals surface area contributed by atoms with Gasteiger partial charge < -0.3 is 16.2 Å². The van der Waals surface area contributed by atoms with Gasteiger partial charge in [-0.25, -0.2) is 0 Å². The number of nitrogens with two attached hydrogens (primary N) is 1. The first kappa shape index (κ1) is 10.9. The lowest BCUT2D eigenvalue weighted by molar-refractivity contribution is -0.142. The number of likely N-dealkylation sites (tertiary alicyclic amines) is 1. The molecule has 0 aliphatic carbocycles. The van der Waals surface area contributed by atoms with Crippen molar-refractivity contribution < 1.29 is 9.90 Å². The molecule has 0 atom stereocenters. The highest BCUT2D eigenvalue weighted by atomic mass is 16.4. The summed E-state index contributed by atoms with van der Waals surface area (Å²) in [5.41, 5.74) is 5.71. The molecule has 0 radical (unpaired) electrons. The maximum absolute atomic E-state index is 10.8. The monoisotopic (exact) mass is 213 g/mol. The van der Waals surface area contributed by atoms with Gasteiger partial charge in [-0.05, 0) is 12.8 Å². The number of hydrogen-bond acceptors (Lipinski definition) is 4. The van der Waals surface area contributed by atoms with Crippen LogP contribution in [0.3, 0.4) is 0 Å². The van der Waals surface area contributed by atoms with Gasteiger partial charge in [-0.2, -0.15) is 0 Å². The molecule has 4 N–H and O–H groups in total. The van der Waals surface area contributed by atoms with E-state index < -0.39 is 5.97 Å². The van der Waals surface area contributed by atoms with E-state index in [0.29, 0.717) is 6.04 Å². The van der Waals surface area contributed by atoms with Gasteiger partial charge in [0.25, 0.3) is 0 Å². The van der Waals surface area contributed by atoms with Crippen LogP contribution in [0, 0.1) is 0 Å². The van der Waals surface area contributed by atoms with Crippen molar-refractivity contribution in [3.63, 3.8) is 0 Å². The van der Waals surface area contributed by atoms with E-state index in [1.165, 1.54) is 0 Å². The molecule has 0 amide bonds. The lowest BCUT2D eigenvalue weighted by atomic mass is 9.84. The van der Waals surface area contributed by atoms with Gasteiger partial charge >= 0.3 is 5.97 Å². The van der Waals surface area contributed by atoms with Crippen molar-refractivity contribution in [2.75, 3.05) is 26.2 Å². The zero-order valence-corrected chi connectivity index (χ0v) is 8.91. The maximum atomic E-state index is 10.8. The number of aliphatic carboxylic acids is 1. The van der Waals surface area contributed by atoms with E-state index in [0.717, 1.165) is 39.0 Å². The Morgan fingerprint density at radius 2 is 2.07 bits per heavy atom. The molecule has 0 aromatic heterocycles. The molecular weight excluding hydrogens is 194 g/mol. The molecule has 2 saturated heterocycles. The van der Waals surface area contributed by atoms with Crippen molar-refractivity contribution in [1.29, 1.82) is 0 Å². The summed E-state index contributed by atoms with van der Waals surface area (Å²) in [6.07, 6.45) is 2.22. The van der Waals surface area contributed by atoms with Crippen molar-refractivity contribution in [3.05, 3.63) is 0 Å². The van der Waals surface area contributed by atoms with Crippen LogP contribution in [0.1, 0.15) is 19.3 Å². The molecule has 2 aliphatic rings. The molecule has 2 aliphatic heterocycles. The van der Waals surface area contributed by atoms with Crippen molar-refractivity contribution in [2.24, 2.45) is 5.73 Å². The Balaban J connectivity index is 1.97. The lowest BCUT2D eigenvalue weighted by Crippen LogP contribution is -2.70. The fourth-order valence-corrected chi connectivity index (χ4v) is 2.53. The van der Waals surface area contributed by atoms with E-state index in [9.17, 15) is 4.79 Å². The van der Waals surface area contributed by atoms with E-state index in [1.54, 1.807) is 0 Å². The Hall–Kier alpha value is -0.650. The fraction of sp³-hybridized carbons (Fsp3) is 0.900. The normalized spacial score (nSPS) is 27.3. The summed E-state index contributed by atoms with van der Waals surface area (Å²) < 4.78 is 0. The average Bonchev–Trinajstić information content (AvgIpc) is 2.13. The Bertz CT molecular complexity index is 245. The third-order valence-electron chi connectivity index (χ3n) is 3.60. The predicted molar refractivity (Wildman–Crippen MR) is 56.6 cm³/mol. The molecule has 2 fully saturated rings. The molecule has 0 spiro atoms. The number of hydrogen-bond donors (Lipinski definition) is 3. The van der Waals surface area contributed by atoms with Gasteiger partial charge in [0.05, 0.1) is 12.0 Å². The zero-order valence-electron chi connectivity index (χ0n) is 8.91. The smallest absolute Gasteiger partial charge is 0.305 e. The summed E-state index contributed by atoms with van der Waals surface area (Å²) in [6, 6.07) is 0.302. The van der Waals surface area contributed by atoms with Gasteiger partial charge in [0.1, 0.15) is 0 Å². The van der Waals surface area contributed by atoms with Gasteiger partial charge in [0, 0.05) is 32.2 Å². The first-order valence-electron chi connectivity index (χ1n) is 5.55. The minimum absolute atomic E-state index is 0.133. The van der Waals surface area contributed by atoms with Gasteiger partial charge in [-0.1, -0.05) is 0 Å². The standard InChI is InChI=1S/C10H19N3O2/c11-8-1-3-13(4-2-8)10(5-9(14)15)6-12-7-10/h8,12H,1-7,11H2,(H,14,15). The highest BCUT2D eigenvalue weighted by Crippen LogP contribution is 2.27. The van der Waals surface area contributed by atoms with Crippen LogP contribution in [0.5, 0.6) is 0 Å². The van der Waals surface area contributed by atoms with Gasteiger partial charge in [-0.3, -0.25) is 9.69 Å². The van der Waals surface area contributed by atoms with Gasteiger partial charge in [0.2, 0.25) is 0 Å². The van der Waals surface area contributed by atoms with Crippen LogP contribution in [0.4, 0.5) is 0 Å². The second kappa shape index (κ2) is 4.08. The van der Waals surface area contributed by atoms with Crippen LogP contribution in [-0.2, 0) is 4.79 Å². The number of carboxylic acid groups (broad SMARTS) is 1. The Morgan fingerprint density at radius 3 is 2.47 bits per heavy atom. The lowest BCUT2D eigenvalue weighted by Gasteiger charge is -2.52. The van der Waals surface area contributed by atoms with Gasteiger partial charge in [-0.15, -0.1) is 0 Å². The molecule has 0 bridgehead atoms. The SMILES string of the molecule is NC1CCN(C2(CC(=O)O)CNC2)CC1. The molecule has 0 saturated carbocycles. The van der Waals surface area contributed by atoms with E-state index in [1.807, 2.05) is 0 Å². The first-order chi connectivity index (χ1) is 7.12. The van der Waals surface area contributed by atoms with Crippen molar-refractivity contribution in [3.8, 4) is 0 Å². The van der Waals surface area contributed by atoms with Crippen LogP contribution in [0.15, 0.2) is 0 Å². The fourth-order valence-electron chi connectivity index (χ4n) is 2.53. The number of nitrogens with zero attached hydrogens (tertiary/aromatic N) is 1. The molecular formula is C10H19N3O2. The molecule has 5 nitrogen and oxygen atoms in total. The van der Waals surface area contributed by atoms with E-state index in [2.05, 4.69) is 10.2 Å². The largest absolute Gasteiger partial charge is 0.481 e. The number of carboxylic acids is 1. The van der Waals surface area contributed by atoms with Crippen LogP contribution in [0.25, 0.3) is 0 Å². The van der Waals surface area contributed by atoms with Crippen molar-refractivity contribution in [2.45, 2.75) is 30.8 Å².